The van der Waals surface area contributed by atoms with Crippen molar-refractivity contribution in [2.75, 3.05) is 20.3 Å². The van der Waals surface area contributed by atoms with E-state index >= 15 is 4.39 Å². The van der Waals surface area contributed by atoms with E-state index in [0.717, 1.165) is 24.0 Å². The summed E-state index contributed by atoms with van der Waals surface area (Å²) in [4.78, 5) is 12.8. The molecule has 0 aromatic heterocycles. The minimum absolute atomic E-state index is 0.170. The first-order chi connectivity index (χ1) is 18.1. The monoisotopic (exact) mass is 498 g/mol. The quantitative estimate of drug-likeness (QED) is 0.155. The lowest BCUT2D eigenvalue weighted by Crippen LogP contribution is -2.07. The maximum atomic E-state index is 15.0. The van der Waals surface area contributed by atoms with Crippen molar-refractivity contribution < 1.29 is 23.4 Å². The lowest BCUT2D eigenvalue weighted by Gasteiger charge is -2.15. The first-order valence-corrected chi connectivity index (χ1v) is 12.4. The molecule has 0 heterocycles. The Labute approximate surface area is 217 Å². The normalized spacial score (nSPS) is 10.8. The predicted octanol–water partition coefficient (Wildman–Crippen LogP) is 7.05. The lowest BCUT2D eigenvalue weighted by atomic mass is 9.97. The lowest BCUT2D eigenvalue weighted by molar-refractivity contribution is 0.0472. The van der Waals surface area contributed by atoms with Crippen LogP contribution in [0.5, 0.6) is 5.75 Å². The van der Waals surface area contributed by atoms with Crippen LogP contribution in [0.4, 0.5) is 4.39 Å². The Hall–Kier alpha value is -3.96. The fraction of sp³-hybridized carbons (Fsp3) is 0.219. The molecule has 4 nitrogen and oxygen atoms in total. The summed E-state index contributed by atoms with van der Waals surface area (Å²) in [6.45, 7) is 1.08. The molecule has 37 heavy (non-hydrogen) atoms. The molecule has 0 fully saturated rings. The van der Waals surface area contributed by atoms with Gasteiger partial charge in [0.05, 0.1) is 12.2 Å². The summed E-state index contributed by atoms with van der Waals surface area (Å²) in [5.74, 6) is -0.372. The molecule has 5 heteroatoms. The Balaban J connectivity index is 1.56. The zero-order valence-corrected chi connectivity index (χ0v) is 21.0. The average Bonchev–Trinajstić information content (AvgIpc) is 2.95. The van der Waals surface area contributed by atoms with Gasteiger partial charge in [-0.1, -0.05) is 66.7 Å². The Kier molecular flexibility index (Phi) is 9.44. The number of benzene rings is 4. The Bertz CT molecular complexity index is 1290. The maximum Gasteiger partial charge on any atom is 0.338 e. The van der Waals surface area contributed by atoms with E-state index in [4.69, 9.17) is 14.2 Å². The number of carbonyl (C=O) groups is 1. The standard InChI is InChI=1S/C32H31FO4/c1-35-19-8-20-36-31-22-27(32(34)37-23-26-11-6-3-7-12-26)16-17-28(31)29-21-25(15-18-30(29)33)14-13-24-9-4-2-5-10-24/h2-7,9-12,15-18,21-22H,8,13-14,19-20,23H2,1H3. The van der Waals surface area contributed by atoms with Crippen LogP contribution in [-0.4, -0.2) is 26.3 Å². The summed E-state index contributed by atoms with van der Waals surface area (Å²) in [7, 11) is 1.63. The number of carbonyl (C=O) groups excluding carboxylic acids is 1. The third-order valence-electron chi connectivity index (χ3n) is 6.05. The van der Waals surface area contributed by atoms with E-state index in [1.165, 1.54) is 11.6 Å². The SMILES string of the molecule is COCCCOc1cc(C(=O)OCc2ccccc2)ccc1-c1cc(CCc2ccccc2)ccc1F. The molecule has 0 radical (unpaired) electrons. The summed E-state index contributed by atoms with van der Waals surface area (Å²) < 4.78 is 31.7. The summed E-state index contributed by atoms with van der Waals surface area (Å²) >= 11 is 0. The van der Waals surface area contributed by atoms with Gasteiger partial charge in [0.2, 0.25) is 0 Å². The molecule has 190 valence electrons. The minimum atomic E-state index is -0.464. The van der Waals surface area contributed by atoms with Gasteiger partial charge in [-0.2, -0.15) is 0 Å². The molecule has 0 spiro atoms. The van der Waals surface area contributed by atoms with Crippen molar-refractivity contribution in [2.45, 2.75) is 25.9 Å². The zero-order chi connectivity index (χ0) is 25.9. The van der Waals surface area contributed by atoms with Crippen molar-refractivity contribution in [3.8, 4) is 16.9 Å². The molecule has 0 aliphatic rings. The van der Waals surface area contributed by atoms with E-state index < -0.39 is 5.97 Å². The predicted molar refractivity (Wildman–Crippen MR) is 143 cm³/mol. The Morgan fingerprint density at radius 2 is 1.43 bits per heavy atom. The van der Waals surface area contributed by atoms with Crippen molar-refractivity contribution in [1.29, 1.82) is 0 Å². The summed E-state index contributed by atoms with van der Waals surface area (Å²) in [5, 5.41) is 0. The molecule has 0 amide bonds. The molecule has 4 aromatic rings. The zero-order valence-electron chi connectivity index (χ0n) is 21.0. The molecule has 0 aliphatic heterocycles. The highest BCUT2D eigenvalue weighted by molar-refractivity contribution is 5.91. The fourth-order valence-corrected chi connectivity index (χ4v) is 4.05. The molecular weight excluding hydrogens is 467 g/mol. The third-order valence-corrected chi connectivity index (χ3v) is 6.05. The third kappa shape index (κ3) is 7.51. The van der Waals surface area contributed by atoms with Crippen LogP contribution < -0.4 is 4.74 Å². The van der Waals surface area contributed by atoms with Gasteiger partial charge in [-0.15, -0.1) is 0 Å². The summed E-state index contributed by atoms with van der Waals surface area (Å²) in [5.41, 5.74) is 4.54. The number of ether oxygens (including phenoxy) is 3. The van der Waals surface area contributed by atoms with Crippen molar-refractivity contribution in [1.82, 2.24) is 0 Å². The van der Waals surface area contributed by atoms with Crippen LogP contribution >= 0.6 is 0 Å². The molecule has 0 unspecified atom stereocenters. The molecule has 4 rings (SSSR count). The topological polar surface area (TPSA) is 44.8 Å². The van der Waals surface area contributed by atoms with Crippen LogP contribution in [0.25, 0.3) is 11.1 Å². The molecule has 0 N–H and O–H groups in total. The molecule has 0 bridgehead atoms. The number of aryl methyl sites for hydroxylation is 2. The van der Waals surface area contributed by atoms with Crippen molar-refractivity contribution >= 4 is 5.97 Å². The highest BCUT2D eigenvalue weighted by Crippen LogP contribution is 2.34. The summed E-state index contributed by atoms with van der Waals surface area (Å²) in [6, 6.07) is 29.9. The first-order valence-electron chi connectivity index (χ1n) is 12.4. The average molecular weight is 499 g/mol. The van der Waals surface area contributed by atoms with Gasteiger partial charge in [0.25, 0.3) is 0 Å². The highest BCUT2D eigenvalue weighted by atomic mass is 19.1. The van der Waals surface area contributed by atoms with Crippen molar-refractivity contribution in [3.05, 3.63) is 125 Å². The van der Waals surface area contributed by atoms with Crippen molar-refractivity contribution in [3.63, 3.8) is 0 Å². The van der Waals surface area contributed by atoms with Crippen LogP contribution in [0.3, 0.4) is 0 Å². The second-order valence-corrected chi connectivity index (χ2v) is 8.77. The van der Waals surface area contributed by atoms with Gasteiger partial charge in [0, 0.05) is 31.3 Å². The fourth-order valence-electron chi connectivity index (χ4n) is 4.05. The van der Waals surface area contributed by atoms with Gasteiger partial charge >= 0.3 is 5.97 Å². The first kappa shape index (κ1) is 26.1. The van der Waals surface area contributed by atoms with Gasteiger partial charge in [-0.25, -0.2) is 9.18 Å². The second-order valence-electron chi connectivity index (χ2n) is 8.77. The van der Waals surface area contributed by atoms with Crippen LogP contribution in [0.1, 0.15) is 33.5 Å². The van der Waals surface area contributed by atoms with Crippen LogP contribution in [-0.2, 0) is 28.9 Å². The molecule has 0 saturated carbocycles. The largest absolute Gasteiger partial charge is 0.493 e. The number of hydrogen-bond donors (Lipinski definition) is 0. The molecule has 0 saturated heterocycles. The number of methoxy groups -OCH3 is 1. The van der Waals surface area contributed by atoms with Gasteiger partial charge in [0.15, 0.2) is 0 Å². The van der Waals surface area contributed by atoms with Crippen LogP contribution in [0.15, 0.2) is 97.1 Å². The molecule has 0 atom stereocenters. The van der Waals surface area contributed by atoms with E-state index in [2.05, 4.69) is 12.1 Å². The molecule has 4 aromatic carbocycles. The minimum Gasteiger partial charge on any atom is -0.493 e. The van der Waals surface area contributed by atoms with E-state index in [-0.39, 0.29) is 12.4 Å². The van der Waals surface area contributed by atoms with E-state index in [9.17, 15) is 4.79 Å². The Morgan fingerprint density at radius 1 is 0.730 bits per heavy atom. The van der Waals surface area contributed by atoms with E-state index in [1.807, 2.05) is 60.7 Å². The molecular formula is C32H31FO4. The second kappa shape index (κ2) is 13.4. The number of rotatable bonds is 12. The van der Waals surface area contributed by atoms with Gasteiger partial charge in [0.1, 0.15) is 18.2 Å². The number of halogens is 1. The van der Waals surface area contributed by atoms with Crippen LogP contribution in [0, 0.1) is 5.82 Å². The van der Waals surface area contributed by atoms with E-state index in [1.54, 1.807) is 25.3 Å². The number of esters is 1. The highest BCUT2D eigenvalue weighted by Gasteiger charge is 2.17. The molecule has 0 aliphatic carbocycles. The summed E-state index contributed by atoms with van der Waals surface area (Å²) in [6.07, 6.45) is 2.31. The number of hydrogen-bond acceptors (Lipinski definition) is 4. The van der Waals surface area contributed by atoms with Gasteiger partial charge in [-0.3, -0.25) is 0 Å². The van der Waals surface area contributed by atoms with E-state index in [0.29, 0.717) is 42.1 Å². The Morgan fingerprint density at radius 3 is 2.16 bits per heavy atom. The maximum absolute atomic E-state index is 15.0. The van der Waals surface area contributed by atoms with Gasteiger partial charge in [-0.05, 0) is 59.9 Å². The smallest absolute Gasteiger partial charge is 0.338 e. The van der Waals surface area contributed by atoms with Gasteiger partial charge < -0.3 is 14.2 Å². The van der Waals surface area contributed by atoms with Crippen LogP contribution in [0.2, 0.25) is 0 Å². The van der Waals surface area contributed by atoms with Crippen molar-refractivity contribution in [2.24, 2.45) is 0 Å².